The molecule has 4 heteroatoms. The summed E-state index contributed by atoms with van der Waals surface area (Å²) >= 11 is 0. The summed E-state index contributed by atoms with van der Waals surface area (Å²) < 4.78 is 11.5. The van der Waals surface area contributed by atoms with E-state index in [1.807, 2.05) is 44.2 Å². The van der Waals surface area contributed by atoms with Crippen LogP contribution in [0.3, 0.4) is 0 Å². The molecule has 0 unspecified atom stereocenters. The second-order valence-corrected chi connectivity index (χ2v) is 6.77. The summed E-state index contributed by atoms with van der Waals surface area (Å²) in [5.74, 6) is 0.232. The van der Waals surface area contributed by atoms with Gasteiger partial charge in [-0.3, -0.25) is 4.79 Å². The Morgan fingerprint density at radius 3 is 2.64 bits per heavy atom. The van der Waals surface area contributed by atoms with Crippen molar-refractivity contribution in [3.8, 4) is 11.5 Å². The molecule has 0 spiro atoms. The number of phenolic OH excluding ortho intramolecular Hbond substituents is 1. The van der Waals surface area contributed by atoms with E-state index >= 15 is 0 Å². The Morgan fingerprint density at radius 1 is 1.24 bits per heavy atom. The van der Waals surface area contributed by atoms with E-state index in [1.54, 1.807) is 25.3 Å². The summed E-state index contributed by atoms with van der Waals surface area (Å²) in [4.78, 5) is 12.5. The highest BCUT2D eigenvalue weighted by Crippen LogP contribution is 2.46. The summed E-state index contributed by atoms with van der Waals surface area (Å²) in [5.41, 5.74) is 1.32. The van der Waals surface area contributed by atoms with E-state index in [0.717, 1.165) is 5.56 Å². The maximum atomic E-state index is 12.5. The number of allylic oxidation sites excluding steroid dienone is 1. The molecular weight excluding hydrogens is 316 g/mol. The van der Waals surface area contributed by atoms with Gasteiger partial charge in [-0.25, -0.2) is 0 Å². The molecule has 4 nitrogen and oxygen atoms in total. The number of carbonyl (C=O) groups is 1. The number of carbonyl (C=O) groups excluding carboxylic acids is 1. The molecule has 1 N–H and O–H groups in total. The monoisotopic (exact) mass is 338 g/mol. The molecule has 0 radical (unpaired) electrons. The Labute approximate surface area is 147 Å². The summed E-state index contributed by atoms with van der Waals surface area (Å²) in [6, 6.07) is 12.9. The molecule has 0 aliphatic carbocycles. The van der Waals surface area contributed by atoms with Crippen molar-refractivity contribution in [3.63, 3.8) is 0 Å². The van der Waals surface area contributed by atoms with Crippen LogP contribution in [-0.2, 0) is 4.74 Å². The van der Waals surface area contributed by atoms with E-state index in [0.29, 0.717) is 17.7 Å². The topological polar surface area (TPSA) is 55.8 Å². The molecule has 0 fully saturated rings. The first-order valence-electron chi connectivity index (χ1n) is 8.26. The number of hydrogen-bond donors (Lipinski definition) is 1. The first kappa shape index (κ1) is 17.2. The first-order chi connectivity index (χ1) is 11.9. The number of fused-ring (bicyclic) bond motifs is 1. The van der Waals surface area contributed by atoms with E-state index in [-0.39, 0.29) is 23.2 Å². The first-order valence-corrected chi connectivity index (χ1v) is 8.26. The lowest BCUT2D eigenvalue weighted by atomic mass is 9.89. The van der Waals surface area contributed by atoms with Gasteiger partial charge in [-0.1, -0.05) is 36.4 Å². The van der Waals surface area contributed by atoms with Gasteiger partial charge >= 0.3 is 0 Å². The van der Waals surface area contributed by atoms with Crippen LogP contribution in [0.4, 0.5) is 0 Å². The molecule has 25 heavy (non-hydrogen) atoms. The molecule has 0 amide bonds. The Hall–Kier alpha value is -2.59. The molecule has 1 aliphatic heterocycles. The fourth-order valence-corrected chi connectivity index (χ4v) is 3.10. The third-order valence-corrected chi connectivity index (χ3v) is 4.34. The van der Waals surface area contributed by atoms with Crippen molar-refractivity contribution in [2.45, 2.75) is 32.0 Å². The Bertz CT molecular complexity index is 806. The van der Waals surface area contributed by atoms with Crippen molar-refractivity contribution in [3.05, 3.63) is 65.2 Å². The largest absolute Gasteiger partial charge is 0.507 e. The van der Waals surface area contributed by atoms with Crippen LogP contribution in [0.1, 0.15) is 47.9 Å². The molecule has 0 saturated carbocycles. The van der Waals surface area contributed by atoms with E-state index in [2.05, 4.69) is 0 Å². The van der Waals surface area contributed by atoms with Crippen LogP contribution in [0.15, 0.2) is 48.5 Å². The second-order valence-electron chi connectivity index (χ2n) is 6.77. The summed E-state index contributed by atoms with van der Waals surface area (Å²) in [6.45, 7) is 3.95. The predicted octanol–water partition coefficient (Wildman–Crippen LogP) is 4.54. The number of ether oxygens (including phenoxy) is 2. The van der Waals surface area contributed by atoms with Gasteiger partial charge < -0.3 is 14.6 Å². The zero-order valence-electron chi connectivity index (χ0n) is 14.7. The fraction of sp³-hybridized carbons (Fsp3) is 0.286. The van der Waals surface area contributed by atoms with Gasteiger partial charge in [-0.15, -0.1) is 0 Å². The SMILES string of the molecule is CO[C@H]1CC(C)(C)Oc2ccc(C(=O)C=Cc3ccccc3)c(O)c21. The molecule has 2 aromatic carbocycles. The number of phenols is 1. The minimum Gasteiger partial charge on any atom is -0.507 e. The van der Waals surface area contributed by atoms with Crippen LogP contribution in [0.5, 0.6) is 11.5 Å². The quantitative estimate of drug-likeness (QED) is 0.657. The second kappa shape index (κ2) is 6.73. The molecule has 1 heterocycles. The van der Waals surface area contributed by atoms with Gasteiger partial charge in [0.2, 0.25) is 0 Å². The molecule has 3 rings (SSSR count). The minimum atomic E-state index is -0.390. The van der Waals surface area contributed by atoms with Crippen LogP contribution in [0.2, 0.25) is 0 Å². The molecule has 0 aromatic heterocycles. The molecule has 2 aromatic rings. The average molecular weight is 338 g/mol. The maximum absolute atomic E-state index is 12.5. The Morgan fingerprint density at radius 2 is 1.96 bits per heavy atom. The van der Waals surface area contributed by atoms with Crippen LogP contribution in [0, 0.1) is 0 Å². The van der Waals surface area contributed by atoms with Crippen LogP contribution in [-0.4, -0.2) is 23.6 Å². The van der Waals surface area contributed by atoms with Crippen molar-refractivity contribution in [2.75, 3.05) is 7.11 Å². The molecule has 0 bridgehead atoms. The van der Waals surface area contributed by atoms with Crippen molar-refractivity contribution in [1.29, 1.82) is 0 Å². The number of hydrogen-bond acceptors (Lipinski definition) is 4. The van der Waals surface area contributed by atoms with E-state index < -0.39 is 5.60 Å². The van der Waals surface area contributed by atoms with E-state index in [9.17, 15) is 9.90 Å². The number of methoxy groups -OCH3 is 1. The normalized spacial score (nSPS) is 18.6. The highest BCUT2D eigenvalue weighted by atomic mass is 16.5. The lowest BCUT2D eigenvalue weighted by Gasteiger charge is -2.37. The summed E-state index contributed by atoms with van der Waals surface area (Å²) in [6.07, 6.45) is 3.48. The van der Waals surface area contributed by atoms with Gasteiger partial charge in [0.1, 0.15) is 17.1 Å². The van der Waals surface area contributed by atoms with Crippen molar-refractivity contribution in [2.24, 2.45) is 0 Å². The molecular formula is C21H22O4. The fourth-order valence-electron chi connectivity index (χ4n) is 3.10. The van der Waals surface area contributed by atoms with E-state index in [1.165, 1.54) is 6.08 Å². The lowest BCUT2D eigenvalue weighted by Crippen LogP contribution is -2.35. The smallest absolute Gasteiger partial charge is 0.189 e. The molecule has 1 aliphatic rings. The number of ketones is 1. The molecule has 1 atom stereocenters. The maximum Gasteiger partial charge on any atom is 0.189 e. The van der Waals surface area contributed by atoms with Crippen molar-refractivity contribution >= 4 is 11.9 Å². The number of rotatable bonds is 4. The van der Waals surface area contributed by atoms with Gasteiger partial charge in [0.25, 0.3) is 0 Å². The van der Waals surface area contributed by atoms with Crippen LogP contribution < -0.4 is 4.74 Å². The van der Waals surface area contributed by atoms with Crippen molar-refractivity contribution in [1.82, 2.24) is 0 Å². The summed E-state index contributed by atoms with van der Waals surface area (Å²) in [5, 5.41) is 10.7. The average Bonchev–Trinajstić information content (AvgIpc) is 2.59. The molecule has 130 valence electrons. The van der Waals surface area contributed by atoms with Gasteiger partial charge in [0.05, 0.1) is 17.2 Å². The van der Waals surface area contributed by atoms with Crippen LogP contribution >= 0.6 is 0 Å². The zero-order valence-corrected chi connectivity index (χ0v) is 14.7. The Balaban J connectivity index is 1.94. The summed E-state index contributed by atoms with van der Waals surface area (Å²) in [7, 11) is 1.60. The Kier molecular flexibility index (Phi) is 4.64. The highest BCUT2D eigenvalue weighted by Gasteiger charge is 2.36. The zero-order chi connectivity index (χ0) is 18.0. The third-order valence-electron chi connectivity index (χ3n) is 4.34. The van der Waals surface area contributed by atoms with E-state index in [4.69, 9.17) is 9.47 Å². The number of benzene rings is 2. The van der Waals surface area contributed by atoms with Crippen molar-refractivity contribution < 1.29 is 19.4 Å². The predicted molar refractivity (Wildman–Crippen MR) is 97.0 cm³/mol. The lowest BCUT2D eigenvalue weighted by molar-refractivity contribution is -0.0122. The third kappa shape index (κ3) is 3.59. The van der Waals surface area contributed by atoms with Gasteiger partial charge in [0, 0.05) is 13.5 Å². The minimum absolute atomic E-state index is 0.0671. The molecule has 0 saturated heterocycles. The van der Waals surface area contributed by atoms with Gasteiger partial charge in [0.15, 0.2) is 5.78 Å². The van der Waals surface area contributed by atoms with Crippen LogP contribution in [0.25, 0.3) is 6.08 Å². The standard InChI is InChI=1S/C21H22O4/c1-21(2)13-18(24-3)19-17(25-21)12-10-15(20(19)23)16(22)11-9-14-7-5-4-6-8-14/h4-12,18,23H,13H2,1-3H3/t18-/m0/s1. The van der Waals surface area contributed by atoms with Gasteiger partial charge in [-0.05, 0) is 37.6 Å². The van der Waals surface area contributed by atoms with Gasteiger partial charge in [-0.2, -0.15) is 0 Å². The number of aromatic hydroxyl groups is 1. The highest BCUT2D eigenvalue weighted by molar-refractivity contribution is 6.09.